The van der Waals surface area contributed by atoms with Crippen LogP contribution in [-0.2, 0) is 70.0 Å². The monoisotopic (exact) mass is 1470 g/mol. The molecule has 5 aliphatic rings. The van der Waals surface area contributed by atoms with E-state index in [1.165, 1.54) is 0 Å². The molecule has 0 spiro atoms. The van der Waals surface area contributed by atoms with Gasteiger partial charge in [0.05, 0.1) is 78.6 Å². The molecule has 5 fully saturated rings. The number of methoxy groups -OCH3 is 1. The average molecular weight is 1480 g/mol. The minimum atomic E-state index is -4.52. The van der Waals surface area contributed by atoms with Gasteiger partial charge in [-0.15, -0.1) is 0 Å². The number of fused-ring (bicyclic) bond motifs is 1. The maximum Gasteiger partial charge on any atom is 0.193 e. The van der Waals surface area contributed by atoms with Crippen molar-refractivity contribution in [2.24, 2.45) is 11.8 Å². The third kappa shape index (κ3) is 20.5. The summed E-state index contributed by atoms with van der Waals surface area (Å²) in [6.45, 7) is 69.8. The second-order valence-electron chi connectivity index (χ2n) is 37.4. The van der Waals surface area contributed by atoms with Crippen molar-refractivity contribution < 1.29 is 68.6 Å². The molecule has 1 aromatic carbocycles. The van der Waals surface area contributed by atoms with E-state index >= 15 is 13.2 Å². The zero-order chi connectivity index (χ0) is 74.1. The first-order valence-electron chi connectivity index (χ1n) is 37.1. The Morgan fingerprint density at radius 3 is 1.73 bits per heavy atom. The molecule has 15 nitrogen and oxygen atoms in total. The van der Waals surface area contributed by atoms with Crippen molar-refractivity contribution in [2.45, 2.75) is 381 Å². The van der Waals surface area contributed by atoms with Crippen LogP contribution in [0.3, 0.4) is 0 Å². The summed E-state index contributed by atoms with van der Waals surface area (Å²) in [4.78, 5) is 27.9. The zero-order valence-corrected chi connectivity index (χ0v) is 72.3. The third-order valence-electron chi connectivity index (χ3n) is 24.8. The Hall–Kier alpha value is -1.63. The van der Waals surface area contributed by atoms with Crippen LogP contribution in [0.25, 0.3) is 0 Å². The highest BCUT2D eigenvalue weighted by Crippen LogP contribution is 2.50. The Morgan fingerprint density at radius 2 is 1.19 bits per heavy atom. The van der Waals surface area contributed by atoms with Crippen molar-refractivity contribution in [1.29, 1.82) is 0 Å². The summed E-state index contributed by atoms with van der Waals surface area (Å²) in [5.74, 6) is -1.45. The van der Waals surface area contributed by atoms with Crippen LogP contribution < -0.4 is 0 Å². The second kappa shape index (κ2) is 32.6. The van der Waals surface area contributed by atoms with Gasteiger partial charge in [0, 0.05) is 38.7 Å². The van der Waals surface area contributed by atoms with E-state index in [2.05, 4.69) is 202 Å². The van der Waals surface area contributed by atoms with Crippen molar-refractivity contribution >= 4 is 63.5 Å². The lowest BCUT2D eigenvalue weighted by molar-refractivity contribution is -0.266. The number of benzene rings is 1. The third-order valence-corrected chi connectivity index (χ3v) is 49.5. The Kier molecular flexibility index (Phi) is 28.4. The number of ether oxygens (including phenoxy) is 6. The lowest BCUT2D eigenvalue weighted by atomic mass is 9.81. The molecule has 0 saturated carbocycles. The van der Waals surface area contributed by atoms with Gasteiger partial charge in [-0.1, -0.05) is 154 Å². The lowest BCUT2D eigenvalue weighted by Crippen LogP contribution is -2.69. The zero-order valence-electron chi connectivity index (χ0n) is 66.4. The molecule has 5 heterocycles. The highest BCUT2D eigenvalue weighted by Gasteiger charge is 2.61. The number of sulfone groups is 1. The molecule has 0 aliphatic carbocycles. The fraction of sp³-hybridized carbons (Fsp3) is 0.818. The molecular weight excluding hydrogens is 1340 g/mol. The molecule has 1 aromatic rings. The summed E-state index contributed by atoms with van der Waals surface area (Å²) in [5.41, 5.74) is 1.92. The van der Waals surface area contributed by atoms with E-state index in [1.807, 2.05) is 6.92 Å². The molecule has 5 unspecified atom stereocenters. The van der Waals surface area contributed by atoms with Gasteiger partial charge in [-0.25, -0.2) is 8.42 Å². The van der Waals surface area contributed by atoms with Gasteiger partial charge in [-0.05, 0) is 172 Å². The molecule has 0 N–H and O–H groups in total. The lowest BCUT2D eigenvalue weighted by Gasteiger charge is -2.56. The van der Waals surface area contributed by atoms with Crippen molar-refractivity contribution in [3.8, 4) is 0 Å². The van der Waals surface area contributed by atoms with Gasteiger partial charge in [-0.2, -0.15) is 0 Å². The molecule has 5 aliphatic heterocycles. The maximum atomic E-state index is 16.5. The fourth-order valence-corrected chi connectivity index (χ4v) is 21.7. The fourth-order valence-electron chi connectivity index (χ4n) is 13.4. The van der Waals surface area contributed by atoms with Gasteiger partial charge >= 0.3 is 0 Å². The molecule has 0 bridgehead atoms. The summed E-state index contributed by atoms with van der Waals surface area (Å²) in [5, 5.41) is -2.37. The summed E-state index contributed by atoms with van der Waals surface area (Å²) < 4.78 is 113. The van der Waals surface area contributed by atoms with Crippen LogP contribution in [0.2, 0.25) is 90.7 Å². The number of Topliss-reactive ketones (excluding diaryl/α,β-unsaturated/α-hetero) is 1. The summed E-state index contributed by atoms with van der Waals surface area (Å²) >= 11 is 0. The highest BCUT2D eigenvalue weighted by molar-refractivity contribution is 7.92. The van der Waals surface area contributed by atoms with Crippen LogP contribution in [0.4, 0.5) is 0 Å². The van der Waals surface area contributed by atoms with Gasteiger partial charge in [0.2, 0.25) is 0 Å². The minimum absolute atomic E-state index is 0.0360. The number of rotatable bonds is 30. The van der Waals surface area contributed by atoms with Crippen molar-refractivity contribution in [1.82, 2.24) is 0 Å². The molecule has 5 saturated heterocycles. The summed E-state index contributed by atoms with van der Waals surface area (Å²) in [6.07, 6.45) is 2.36. The standard InChI is InChI=1S/C77H138O15SSi5/c1-31-36-62(90-96(25,26)75(11,12)13)69-71(92-98(29,30)77(17,18)19)70(91-97(27,28)76(14,15)16)68-61(88-69)43-41-56(86-68)47-59(79)72(93(80,81)58-38-33-32-34-39-58)66-64(49-63-53(4)51(2)45-55(85-63)40-42-60-52(3)46-54(84-60)37-35-44-78)87-65(67(66)82-20)48-57(89-95(23,24)74(8,9)10)50-83-94(21,22)73(5,6)7/h31-34,36,38-39,44,51,54-57,60-72H,3-4,35,37,40-43,45-50H2,1-2,5-30H3/b36-31+/t51-,54+,55+,56?,57+,60?,61+,62+,63?,64+,65?,66+,67+,68+,69+,70+,71-,72?/m1/s1. The highest BCUT2D eigenvalue weighted by atomic mass is 32.2. The van der Waals surface area contributed by atoms with Crippen LogP contribution in [0, 0.1) is 11.8 Å². The van der Waals surface area contributed by atoms with Crippen molar-refractivity contribution in [3.63, 3.8) is 0 Å². The number of ketones is 1. The van der Waals surface area contributed by atoms with E-state index in [0.29, 0.717) is 51.6 Å². The van der Waals surface area contributed by atoms with E-state index in [4.69, 9.17) is 50.6 Å². The van der Waals surface area contributed by atoms with Crippen LogP contribution >= 0.6 is 0 Å². The van der Waals surface area contributed by atoms with E-state index < -0.39 is 142 Å². The molecule has 6 rings (SSSR count). The predicted molar refractivity (Wildman–Crippen MR) is 411 cm³/mol. The normalized spacial score (nSPS) is 30.4. The summed E-state index contributed by atoms with van der Waals surface area (Å²) in [6, 6.07) is 8.39. The molecule has 0 amide bonds. The topological polar surface area (TPSA) is 170 Å². The number of hydrogen-bond acceptors (Lipinski definition) is 15. The van der Waals surface area contributed by atoms with Gasteiger partial charge in [0.25, 0.3) is 0 Å². The number of aldehydes is 1. The second-order valence-corrected chi connectivity index (χ2v) is 63.3. The first-order chi connectivity index (χ1) is 44.7. The first kappa shape index (κ1) is 85.3. The quantitative estimate of drug-likeness (QED) is 0.0405. The van der Waals surface area contributed by atoms with Gasteiger partial charge in [0.15, 0.2) is 57.2 Å². The SMILES string of the molecule is C=C1C[C@H](CCC=O)OC1CC[C@H]1C[C@@H](C)C(=C)C(C[C@@H]2OC(C[C@@H](CO[Si](C)(C)C(C)(C)C)O[Si](C)(C)C(C)(C)C)[C@H](OC)[C@H]2C(C(=O)CC2CC[C@@H]3O[C@@H]([C@H](/C=C/C)O[Si](C)(C)C(C)(C)C)[C@@H](O[Si](C)(C)C(C)(C)C)[C@@H](O[Si](C)(C)C(C)(C)C)[C@H]3O2)S(=O)(=O)c2ccccc2)O1. The van der Waals surface area contributed by atoms with Crippen LogP contribution in [-0.4, -0.2) is 173 Å². The van der Waals surface area contributed by atoms with Gasteiger partial charge < -0.3 is 55.3 Å². The van der Waals surface area contributed by atoms with E-state index in [-0.39, 0.29) is 67.2 Å². The number of carbonyl (C=O) groups is 2. The molecular formula is C77H138O15SSi5. The maximum absolute atomic E-state index is 16.5. The van der Waals surface area contributed by atoms with E-state index in [1.54, 1.807) is 37.4 Å². The Labute approximate surface area is 601 Å². The summed E-state index contributed by atoms with van der Waals surface area (Å²) in [7, 11) is -15.4. The molecule has 98 heavy (non-hydrogen) atoms. The van der Waals surface area contributed by atoms with E-state index in [0.717, 1.165) is 30.3 Å². The molecule has 21 heteroatoms. The molecule has 0 aromatic heterocycles. The first-order valence-corrected chi connectivity index (χ1v) is 53.2. The van der Waals surface area contributed by atoms with Crippen LogP contribution in [0.1, 0.15) is 188 Å². The van der Waals surface area contributed by atoms with Gasteiger partial charge in [-0.3, -0.25) is 4.79 Å². The Morgan fingerprint density at radius 1 is 0.643 bits per heavy atom. The van der Waals surface area contributed by atoms with Crippen molar-refractivity contribution in [3.05, 3.63) is 66.8 Å². The van der Waals surface area contributed by atoms with Crippen molar-refractivity contribution in [2.75, 3.05) is 13.7 Å². The largest absolute Gasteiger partial charge is 0.414 e. The molecule has 18 atom stereocenters. The number of hydrogen-bond donors (Lipinski definition) is 0. The molecule has 0 radical (unpaired) electrons. The van der Waals surface area contributed by atoms with E-state index in [9.17, 15) is 4.79 Å². The minimum Gasteiger partial charge on any atom is -0.414 e. The Balaban J connectivity index is 1.49. The smallest absolute Gasteiger partial charge is 0.193 e. The van der Waals surface area contributed by atoms with Crippen LogP contribution in [0.15, 0.2) is 71.7 Å². The number of carbonyl (C=O) groups excluding carboxylic acids is 2. The van der Waals surface area contributed by atoms with Gasteiger partial charge in [0.1, 0.15) is 36.0 Å². The van der Waals surface area contributed by atoms with Crippen LogP contribution in [0.5, 0.6) is 0 Å². The number of allylic oxidation sites excluding steroid dienone is 1. The molecule has 562 valence electrons. The Bertz CT molecular complexity index is 2950. The average Bonchev–Trinajstić information content (AvgIpc) is 1.19. The predicted octanol–water partition coefficient (Wildman–Crippen LogP) is 18.3.